The summed E-state index contributed by atoms with van der Waals surface area (Å²) in [4.78, 5) is 28.7. The number of carbonyl (C=O) groups is 2. The number of carbonyl (C=O) groups excluding carboxylic acids is 1. The summed E-state index contributed by atoms with van der Waals surface area (Å²) in [5.41, 5.74) is 0.299. The third-order valence-corrected chi connectivity index (χ3v) is 3.82. The average molecular weight is 348 g/mol. The van der Waals surface area contributed by atoms with Gasteiger partial charge in [0.25, 0.3) is 5.91 Å². The maximum atomic E-state index is 12.4. The third kappa shape index (κ3) is 3.25. The lowest BCUT2D eigenvalue weighted by Gasteiger charge is -2.23. The minimum absolute atomic E-state index is 0.0369. The summed E-state index contributed by atoms with van der Waals surface area (Å²) in [7, 11) is 0. The summed E-state index contributed by atoms with van der Waals surface area (Å²) in [6.07, 6.45) is 2.99. The first-order valence-electron chi connectivity index (χ1n) is 5.83. The number of likely N-dealkylation sites (tertiary alicyclic amines) is 1. The topological polar surface area (TPSA) is 70.5 Å². The summed E-state index contributed by atoms with van der Waals surface area (Å²) in [6, 6.07) is 1.34. The molecule has 1 aromatic heterocycles. The second-order valence-corrected chi connectivity index (χ2v) is 5.66. The van der Waals surface area contributed by atoms with Gasteiger partial charge in [0.1, 0.15) is 5.15 Å². The maximum absolute atomic E-state index is 12.4. The standard InChI is InChI=1S/C12H12BrClN2O3/c13-7-4-9(11(14)15-6-7)12(19)16-3-1-2-8(16)5-10(17)18/h4,6,8H,1-3,5H2,(H,17,18). The van der Waals surface area contributed by atoms with E-state index in [0.29, 0.717) is 23.0 Å². The fourth-order valence-corrected chi connectivity index (χ4v) is 2.76. The van der Waals surface area contributed by atoms with Gasteiger partial charge in [-0.15, -0.1) is 0 Å². The van der Waals surface area contributed by atoms with E-state index in [-0.39, 0.29) is 23.5 Å². The lowest BCUT2D eigenvalue weighted by atomic mass is 10.1. The molecular formula is C12H12BrClN2O3. The largest absolute Gasteiger partial charge is 0.481 e. The fraction of sp³-hybridized carbons (Fsp3) is 0.417. The average Bonchev–Trinajstić information content (AvgIpc) is 2.78. The van der Waals surface area contributed by atoms with Crippen molar-refractivity contribution in [3.8, 4) is 0 Å². The van der Waals surface area contributed by atoms with Crippen LogP contribution in [0.25, 0.3) is 0 Å². The first-order valence-corrected chi connectivity index (χ1v) is 7.00. The van der Waals surface area contributed by atoms with Crippen molar-refractivity contribution in [1.29, 1.82) is 0 Å². The Balaban J connectivity index is 2.23. The highest BCUT2D eigenvalue weighted by atomic mass is 79.9. The van der Waals surface area contributed by atoms with Crippen molar-refractivity contribution in [2.75, 3.05) is 6.54 Å². The number of carboxylic acid groups (broad SMARTS) is 1. The quantitative estimate of drug-likeness (QED) is 0.853. The Morgan fingerprint density at radius 3 is 3.00 bits per heavy atom. The van der Waals surface area contributed by atoms with E-state index in [4.69, 9.17) is 16.7 Å². The summed E-state index contributed by atoms with van der Waals surface area (Å²) < 4.78 is 0.661. The predicted octanol–water partition coefficient (Wildman–Crippen LogP) is 2.58. The van der Waals surface area contributed by atoms with E-state index in [1.54, 1.807) is 11.0 Å². The number of amides is 1. The molecule has 0 aliphatic carbocycles. The summed E-state index contributed by atoms with van der Waals surface area (Å²) in [5.74, 6) is -1.16. The van der Waals surface area contributed by atoms with Crippen molar-refractivity contribution in [2.24, 2.45) is 0 Å². The lowest BCUT2D eigenvalue weighted by molar-refractivity contribution is -0.137. The van der Waals surface area contributed by atoms with Gasteiger partial charge in [0.15, 0.2) is 0 Å². The molecule has 1 amide bonds. The van der Waals surface area contributed by atoms with E-state index in [9.17, 15) is 9.59 Å². The number of aromatic nitrogens is 1. The smallest absolute Gasteiger partial charge is 0.305 e. The van der Waals surface area contributed by atoms with Gasteiger partial charge < -0.3 is 10.0 Å². The number of halogens is 2. The van der Waals surface area contributed by atoms with E-state index < -0.39 is 5.97 Å². The molecule has 1 N–H and O–H groups in total. The van der Waals surface area contributed by atoms with Gasteiger partial charge in [-0.25, -0.2) is 4.98 Å². The number of hydrogen-bond acceptors (Lipinski definition) is 3. The maximum Gasteiger partial charge on any atom is 0.305 e. The Bertz CT molecular complexity index is 524. The highest BCUT2D eigenvalue weighted by Gasteiger charge is 2.32. The normalized spacial score (nSPS) is 18.6. The first kappa shape index (κ1) is 14.3. The molecule has 1 aromatic rings. The summed E-state index contributed by atoms with van der Waals surface area (Å²) in [5, 5.41) is 8.99. The van der Waals surface area contributed by atoms with Crippen LogP contribution in [0.3, 0.4) is 0 Å². The minimum atomic E-state index is -0.900. The van der Waals surface area contributed by atoms with Crippen molar-refractivity contribution >= 4 is 39.4 Å². The van der Waals surface area contributed by atoms with Gasteiger partial charge in [-0.05, 0) is 34.8 Å². The number of aliphatic carboxylic acids is 1. The monoisotopic (exact) mass is 346 g/mol. The second-order valence-electron chi connectivity index (χ2n) is 4.38. The Morgan fingerprint density at radius 2 is 2.32 bits per heavy atom. The zero-order valence-electron chi connectivity index (χ0n) is 9.97. The molecule has 2 heterocycles. The van der Waals surface area contributed by atoms with Crippen LogP contribution in [0.1, 0.15) is 29.6 Å². The zero-order chi connectivity index (χ0) is 14.0. The number of pyridine rings is 1. The highest BCUT2D eigenvalue weighted by Crippen LogP contribution is 2.26. The van der Waals surface area contributed by atoms with E-state index in [0.717, 1.165) is 6.42 Å². The minimum Gasteiger partial charge on any atom is -0.481 e. The van der Waals surface area contributed by atoms with Crippen LogP contribution in [0.5, 0.6) is 0 Å². The molecule has 7 heteroatoms. The molecule has 1 aliphatic rings. The van der Waals surface area contributed by atoms with Crippen LogP contribution >= 0.6 is 27.5 Å². The molecule has 0 saturated carbocycles. The first-order chi connectivity index (χ1) is 8.99. The predicted molar refractivity (Wildman–Crippen MR) is 73.3 cm³/mol. The molecule has 0 radical (unpaired) electrons. The summed E-state index contributed by atoms with van der Waals surface area (Å²) >= 11 is 9.17. The van der Waals surface area contributed by atoms with Crippen molar-refractivity contribution in [3.05, 3.63) is 27.5 Å². The van der Waals surface area contributed by atoms with E-state index in [1.165, 1.54) is 6.20 Å². The highest BCUT2D eigenvalue weighted by molar-refractivity contribution is 9.10. The summed E-state index contributed by atoms with van der Waals surface area (Å²) in [6.45, 7) is 0.555. The van der Waals surface area contributed by atoms with Gasteiger partial charge in [0.2, 0.25) is 0 Å². The van der Waals surface area contributed by atoms with Crippen LogP contribution in [0.2, 0.25) is 5.15 Å². The molecule has 0 spiro atoms. The molecule has 5 nitrogen and oxygen atoms in total. The van der Waals surface area contributed by atoms with E-state index in [1.807, 2.05) is 0 Å². The Kier molecular flexibility index (Phi) is 4.42. The Hall–Kier alpha value is -1.14. The number of rotatable bonds is 3. The molecule has 2 rings (SSSR count). The van der Waals surface area contributed by atoms with Gasteiger partial charge in [-0.2, -0.15) is 0 Å². The Morgan fingerprint density at radius 1 is 1.58 bits per heavy atom. The molecule has 1 saturated heterocycles. The van der Waals surface area contributed by atoms with Crippen LogP contribution in [-0.2, 0) is 4.79 Å². The van der Waals surface area contributed by atoms with Crippen LogP contribution < -0.4 is 0 Å². The van der Waals surface area contributed by atoms with Crippen molar-refractivity contribution in [2.45, 2.75) is 25.3 Å². The second kappa shape index (κ2) is 5.88. The molecular weight excluding hydrogens is 336 g/mol. The van der Waals surface area contributed by atoms with Crippen LogP contribution in [-0.4, -0.2) is 39.5 Å². The lowest BCUT2D eigenvalue weighted by Crippen LogP contribution is -2.37. The van der Waals surface area contributed by atoms with Gasteiger partial charge in [0, 0.05) is 23.3 Å². The molecule has 1 fully saturated rings. The van der Waals surface area contributed by atoms with E-state index >= 15 is 0 Å². The molecule has 0 aromatic carbocycles. The van der Waals surface area contributed by atoms with Crippen molar-refractivity contribution in [1.82, 2.24) is 9.88 Å². The van der Waals surface area contributed by atoms with Crippen LogP contribution in [0.4, 0.5) is 0 Å². The molecule has 19 heavy (non-hydrogen) atoms. The number of carboxylic acids is 1. The van der Waals surface area contributed by atoms with Crippen LogP contribution in [0, 0.1) is 0 Å². The molecule has 0 bridgehead atoms. The molecule has 1 unspecified atom stereocenters. The fourth-order valence-electron chi connectivity index (χ4n) is 2.24. The molecule has 1 atom stereocenters. The van der Waals surface area contributed by atoms with Gasteiger partial charge in [0.05, 0.1) is 12.0 Å². The molecule has 1 aliphatic heterocycles. The zero-order valence-corrected chi connectivity index (χ0v) is 12.3. The van der Waals surface area contributed by atoms with Crippen molar-refractivity contribution in [3.63, 3.8) is 0 Å². The van der Waals surface area contributed by atoms with Gasteiger partial charge >= 0.3 is 5.97 Å². The SMILES string of the molecule is O=C(O)CC1CCCN1C(=O)c1cc(Br)cnc1Cl. The Labute approximate surface area is 123 Å². The number of hydrogen-bond donors (Lipinski definition) is 1. The molecule has 102 valence electrons. The van der Waals surface area contributed by atoms with Gasteiger partial charge in [-0.3, -0.25) is 9.59 Å². The van der Waals surface area contributed by atoms with Crippen molar-refractivity contribution < 1.29 is 14.7 Å². The van der Waals surface area contributed by atoms with Gasteiger partial charge in [-0.1, -0.05) is 11.6 Å². The van der Waals surface area contributed by atoms with E-state index in [2.05, 4.69) is 20.9 Å². The third-order valence-electron chi connectivity index (χ3n) is 3.08. The van der Waals surface area contributed by atoms with Crippen LogP contribution in [0.15, 0.2) is 16.7 Å². The number of nitrogens with zero attached hydrogens (tertiary/aromatic N) is 2.